The first-order chi connectivity index (χ1) is 8.75. The summed E-state index contributed by atoms with van der Waals surface area (Å²) in [5, 5.41) is 5.66. The highest BCUT2D eigenvalue weighted by Gasteiger charge is 2.18. The fourth-order valence-electron chi connectivity index (χ4n) is 1.69. The molecule has 18 heavy (non-hydrogen) atoms. The first kappa shape index (κ1) is 10.9. The summed E-state index contributed by atoms with van der Waals surface area (Å²) in [6.07, 6.45) is 2.65. The van der Waals surface area contributed by atoms with E-state index in [-0.39, 0.29) is 5.82 Å². The highest BCUT2D eigenvalue weighted by Crippen LogP contribution is 2.38. The number of pyridine rings is 1. The Labute approximate surface area is 106 Å². The lowest BCUT2D eigenvalue weighted by atomic mass is 10.1. The molecule has 3 aromatic rings. The summed E-state index contributed by atoms with van der Waals surface area (Å²) in [5.41, 5.74) is 6.99. The van der Waals surface area contributed by atoms with Crippen molar-refractivity contribution in [2.75, 3.05) is 5.73 Å². The zero-order chi connectivity index (χ0) is 12.5. The zero-order valence-corrected chi connectivity index (χ0v) is 9.95. The summed E-state index contributed by atoms with van der Waals surface area (Å²) in [4.78, 5) is 4.72. The third-order valence-corrected chi connectivity index (χ3v) is 3.34. The van der Waals surface area contributed by atoms with E-state index in [1.807, 2.05) is 17.5 Å². The van der Waals surface area contributed by atoms with Crippen LogP contribution in [0.1, 0.15) is 0 Å². The van der Waals surface area contributed by atoms with Crippen LogP contribution in [0.5, 0.6) is 0 Å². The van der Waals surface area contributed by atoms with E-state index in [2.05, 4.69) is 10.1 Å². The van der Waals surface area contributed by atoms with Gasteiger partial charge in [0, 0.05) is 16.6 Å². The van der Waals surface area contributed by atoms with Crippen LogP contribution in [-0.4, -0.2) is 10.1 Å². The molecule has 3 rings (SSSR count). The molecule has 0 aliphatic heterocycles. The molecule has 0 saturated heterocycles. The van der Waals surface area contributed by atoms with E-state index < -0.39 is 5.82 Å². The Bertz CT molecular complexity index is 678. The summed E-state index contributed by atoms with van der Waals surface area (Å²) in [6.45, 7) is 0. The van der Waals surface area contributed by atoms with Crippen LogP contribution in [0.2, 0.25) is 0 Å². The predicted molar refractivity (Wildman–Crippen MR) is 67.4 cm³/mol. The molecule has 0 fully saturated rings. The van der Waals surface area contributed by atoms with Crippen LogP contribution in [0.25, 0.3) is 21.8 Å². The molecular weight excluding hydrogens is 253 g/mol. The van der Waals surface area contributed by atoms with Crippen LogP contribution in [-0.2, 0) is 0 Å². The van der Waals surface area contributed by atoms with Crippen molar-refractivity contribution in [2.45, 2.75) is 0 Å². The Morgan fingerprint density at radius 2 is 2.22 bits per heavy atom. The molecule has 0 unspecified atom stereocenters. The number of anilines is 1. The molecule has 0 amide bonds. The van der Waals surface area contributed by atoms with Gasteiger partial charge in [-0.2, -0.15) is 0 Å². The molecule has 0 aliphatic carbocycles. The van der Waals surface area contributed by atoms with Gasteiger partial charge in [-0.05, 0) is 17.5 Å². The summed E-state index contributed by atoms with van der Waals surface area (Å²) in [5.74, 6) is 0.290. The van der Waals surface area contributed by atoms with E-state index in [1.165, 1.54) is 23.6 Å². The van der Waals surface area contributed by atoms with Crippen LogP contribution in [0.15, 0.2) is 40.5 Å². The van der Waals surface area contributed by atoms with E-state index in [1.54, 1.807) is 0 Å². The minimum absolute atomic E-state index is 0.289. The van der Waals surface area contributed by atoms with Gasteiger partial charge < -0.3 is 10.3 Å². The van der Waals surface area contributed by atoms with E-state index in [0.29, 0.717) is 16.9 Å². The van der Waals surface area contributed by atoms with Gasteiger partial charge in [0.1, 0.15) is 5.82 Å². The fourth-order valence-corrected chi connectivity index (χ4v) is 2.47. The first-order valence-electron chi connectivity index (χ1n) is 5.15. The number of nitrogens with two attached hydrogens (primary N) is 1. The quantitative estimate of drug-likeness (QED) is 0.769. The number of hydrogen-bond donors (Lipinski definition) is 1. The van der Waals surface area contributed by atoms with Crippen LogP contribution in [0.3, 0.4) is 0 Å². The first-order valence-corrected chi connectivity index (χ1v) is 6.03. The Morgan fingerprint density at radius 1 is 1.33 bits per heavy atom. The van der Waals surface area contributed by atoms with Crippen LogP contribution < -0.4 is 5.73 Å². The molecule has 0 atom stereocenters. The van der Waals surface area contributed by atoms with Crippen LogP contribution in [0.4, 0.5) is 10.2 Å². The maximum atomic E-state index is 13.2. The monoisotopic (exact) mass is 261 g/mol. The van der Waals surface area contributed by atoms with Crippen molar-refractivity contribution in [3.63, 3.8) is 0 Å². The number of hydrogen-bond acceptors (Lipinski definition) is 5. The Morgan fingerprint density at radius 3 is 2.94 bits per heavy atom. The molecule has 3 aromatic heterocycles. The van der Waals surface area contributed by atoms with Crippen molar-refractivity contribution in [1.29, 1.82) is 0 Å². The number of thiophene rings is 1. The van der Waals surface area contributed by atoms with Gasteiger partial charge in [0.05, 0.1) is 11.8 Å². The highest BCUT2D eigenvalue weighted by molar-refractivity contribution is 7.13. The Hall–Kier alpha value is -2.21. The van der Waals surface area contributed by atoms with Gasteiger partial charge in [-0.25, -0.2) is 4.39 Å². The number of aromatic nitrogens is 2. The maximum absolute atomic E-state index is 13.2. The van der Waals surface area contributed by atoms with Gasteiger partial charge in [-0.15, -0.1) is 11.3 Å². The molecule has 3 heterocycles. The van der Waals surface area contributed by atoms with Gasteiger partial charge >= 0.3 is 0 Å². The van der Waals surface area contributed by atoms with Gasteiger partial charge in [-0.3, -0.25) is 4.98 Å². The summed E-state index contributed by atoms with van der Waals surface area (Å²) < 4.78 is 18.4. The molecule has 90 valence electrons. The van der Waals surface area contributed by atoms with Gasteiger partial charge in [-0.1, -0.05) is 11.2 Å². The molecule has 0 spiro atoms. The van der Waals surface area contributed by atoms with Crippen molar-refractivity contribution in [1.82, 2.24) is 10.1 Å². The molecule has 4 nitrogen and oxygen atoms in total. The third kappa shape index (κ3) is 1.76. The Balaban J connectivity index is 2.20. The fraction of sp³-hybridized carbons (Fsp3) is 0. The lowest BCUT2D eigenvalue weighted by Gasteiger charge is -1.99. The summed E-state index contributed by atoms with van der Waals surface area (Å²) in [7, 11) is 0. The predicted octanol–water partition coefficient (Wildman–Crippen LogP) is 3.19. The molecule has 0 bridgehead atoms. The van der Waals surface area contributed by atoms with Gasteiger partial charge in [0.15, 0.2) is 11.6 Å². The second kappa shape index (κ2) is 4.23. The lowest BCUT2D eigenvalue weighted by molar-refractivity contribution is 0.435. The highest BCUT2D eigenvalue weighted by atomic mass is 32.1. The number of nitrogen functional groups attached to an aromatic ring is 1. The second-order valence-corrected chi connectivity index (χ2v) is 4.59. The van der Waals surface area contributed by atoms with Crippen molar-refractivity contribution in [3.05, 3.63) is 41.8 Å². The van der Waals surface area contributed by atoms with E-state index >= 15 is 0 Å². The third-order valence-electron chi connectivity index (χ3n) is 2.45. The molecule has 0 saturated carbocycles. The van der Waals surface area contributed by atoms with Crippen molar-refractivity contribution in [2.24, 2.45) is 0 Å². The Kier molecular flexibility index (Phi) is 2.56. The van der Waals surface area contributed by atoms with Gasteiger partial charge in [0.25, 0.3) is 0 Å². The number of nitrogens with zero attached hydrogens (tertiary/aromatic N) is 2. The van der Waals surface area contributed by atoms with E-state index in [4.69, 9.17) is 10.3 Å². The zero-order valence-electron chi connectivity index (χ0n) is 9.13. The molecule has 0 aromatic carbocycles. The van der Waals surface area contributed by atoms with Crippen molar-refractivity contribution < 1.29 is 8.91 Å². The number of halogens is 1. The molecule has 6 heteroatoms. The van der Waals surface area contributed by atoms with Crippen molar-refractivity contribution >= 4 is 17.2 Å². The largest absolute Gasteiger partial charge is 0.380 e. The maximum Gasteiger partial charge on any atom is 0.179 e. The normalized spacial score (nSPS) is 10.7. The van der Waals surface area contributed by atoms with Gasteiger partial charge in [0.2, 0.25) is 0 Å². The second-order valence-electron chi connectivity index (χ2n) is 3.64. The van der Waals surface area contributed by atoms with E-state index in [9.17, 15) is 4.39 Å². The lowest BCUT2D eigenvalue weighted by Crippen LogP contribution is -1.87. The van der Waals surface area contributed by atoms with Crippen molar-refractivity contribution in [3.8, 4) is 21.8 Å². The average molecular weight is 261 g/mol. The molecule has 0 aliphatic rings. The molecule has 2 N–H and O–H groups in total. The standard InChI is InChI=1S/C12H8FN3OS/c13-8-4-7(5-15-6-8)11-10(12(14)16-17-11)9-2-1-3-18-9/h1-6H,(H2,14,16). The van der Waals surface area contributed by atoms with Crippen LogP contribution >= 0.6 is 11.3 Å². The summed E-state index contributed by atoms with van der Waals surface area (Å²) >= 11 is 1.51. The SMILES string of the molecule is Nc1noc(-c2cncc(F)c2)c1-c1cccs1. The summed E-state index contributed by atoms with van der Waals surface area (Å²) in [6, 6.07) is 5.15. The van der Waals surface area contributed by atoms with Crippen LogP contribution in [0, 0.1) is 5.82 Å². The molecular formula is C12H8FN3OS. The smallest absolute Gasteiger partial charge is 0.179 e. The average Bonchev–Trinajstić information content (AvgIpc) is 2.97. The minimum atomic E-state index is -0.431. The minimum Gasteiger partial charge on any atom is -0.380 e. The number of rotatable bonds is 2. The molecule has 0 radical (unpaired) electrons. The van der Waals surface area contributed by atoms with E-state index in [0.717, 1.165) is 11.1 Å². The topological polar surface area (TPSA) is 64.9 Å².